The van der Waals surface area contributed by atoms with E-state index in [1.54, 1.807) is 0 Å². The zero-order valence-corrected chi connectivity index (χ0v) is 10.3. The van der Waals surface area contributed by atoms with Crippen molar-refractivity contribution >= 4 is 8.60 Å². The van der Waals surface area contributed by atoms with Gasteiger partial charge in [0.25, 0.3) is 0 Å². The fourth-order valence-corrected chi connectivity index (χ4v) is 1.13. The Bertz CT molecular complexity index is 82.9. The third-order valence-corrected chi connectivity index (χ3v) is 1.84. The van der Waals surface area contributed by atoms with Gasteiger partial charge in [-0.3, -0.25) is 0 Å². The standard InChI is InChI=1S/C6H15O3P.C3H8O/c1-3-5-8-10(7)9-6-4-2;1-2-3-4/h7H,3-6H2,1-2H3;4H,2-3H2,1H3. The van der Waals surface area contributed by atoms with Gasteiger partial charge in [-0.05, 0) is 19.3 Å². The van der Waals surface area contributed by atoms with Gasteiger partial charge in [0.05, 0.1) is 13.2 Å². The predicted octanol–water partition coefficient (Wildman–Crippen LogP) is 2.45. The molecule has 88 valence electrons. The second-order valence-corrected chi connectivity index (χ2v) is 3.62. The molecule has 0 aliphatic carbocycles. The number of aliphatic hydroxyl groups excluding tert-OH is 1. The highest BCUT2D eigenvalue weighted by atomic mass is 31.2. The molecule has 0 rings (SSSR count). The first-order valence-corrected chi connectivity index (χ1v) is 6.21. The molecule has 0 heterocycles. The van der Waals surface area contributed by atoms with Crippen LogP contribution < -0.4 is 0 Å². The zero-order chi connectivity index (χ0) is 11.2. The van der Waals surface area contributed by atoms with Crippen LogP contribution in [0, 0.1) is 0 Å². The van der Waals surface area contributed by atoms with Gasteiger partial charge in [0.1, 0.15) is 0 Å². The number of rotatable bonds is 7. The summed E-state index contributed by atoms with van der Waals surface area (Å²) in [5.74, 6) is 0. The van der Waals surface area contributed by atoms with Crippen LogP contribution in [-0.4, -0.2) is 29.8 Å². The average Bonchev–Trinajstić information content (AvgIpc) is 2.23. The van der Waals surface area contributed by atoms with Gasteiger partial charge in [-0.2, -0.15) is 0 Å². The summed E-state index contributed by atoms with van der Waals surface area (Å²) in [5.41, 5.74) is 0. The maximum Gasteiger partial charge on any atom is 0.329 e. The summed E-state index contributed by atoms with van der Waals surface area (Å²) in [5, 5.41) is 7.88. The lowest BCUT2D eigenvalue weighted by atomic mass is 10.5. The van der Waals surface area contributed by atoms with E-state index in [-0.39, 0.29) is 0 Å². The summed E-state index contributed by atoms with van der Waals surface area (Å²) in [6.07, 6.45) is 2.70. The Morgan fingerprint density at radius 2 is 1.29 bits per heavy atom. The van der Waals surface area contributed by atoms with Crippen LogP contribution in [0.15, 0.2) is 0 Å². The van der Waals surface area contributed by atoms with E-state index in [1.165, 1.54) is 0 Å². The first kappa shape index (κ1) is 16.7. The van der Waals surface area contributed by atoms with Crippen LogP contribution in [0.2, 0.25) is 0 Å². The Kier molecular flexibility index (Phi) is 18.8. The van der Waals surface area contributed by atoms with Crippen molar-refractivity contribution in [3.05, 3.63) is 0 Å². The summed E-state index contributed by atoms with van der Waals surface area (Å²) in [6, 6.07) is 0. The molecule has 0 aliphatic heterocycles. The Morgan fingerprint density at radius 1 is 0.929 bits per heavy atom. The van der Waals surface area contributed by atoms with Crippen LogP contribution >= 0.6 is 8.60 Å². The molecule has 0 aromatic heterocycles. The molecule has 0 spiro atoms. The normalized spacial score (nSPS) is 9.86. The van der Waals surface area contributed by atoms with Gasteiger partial charge in [0.15, 0.2) is 0 Å². The Balaban J connectivity index is 0. The molecular formula is C9H23O4P. The van der Waals surface area contributed by atoms with Crippen molar-refractivity contribution in [1.82, 2.24) is 0 Å². The second kappa shape index (κ2) is 15.7. The Labute approximate surface area is 88.2 Å². The van der Waals surface area contributed by atoms with E-state index < -0.39 is 8.60 Å². The van der Waals surface area contributed by atoms with Gasteiger partial charge in [-0.1, -0.05) is 20.8 Å². The van der Waals surface area contributed by atoms with Crippen LogP contribution in [0.25, 0.3) is 0 Å². The van der Waals surface area contributed by atoms with E-state index in [1.807, 2.05) is 20.8 Å². The van der Waals surface area contributed by atoms with Gasteiger partial charge in [0, 0.05) is 6.61 Å². The molecule has 0 bridgehead atoms. The lowest BCUT2D eigenvalue weighted by Gasteiger charge is -2.08. The largest absolute Gasteiger partial charge is 0.396 e. The van der Waals surface area contributed by atoms with E-state index in [0.717, 1.165) is 19.3 Å². The van der Waals surface area contributed by atoms with Crippen molar-refractivity contribution in [3.63, 3.8) is 0 Å². The summed E-state index contributed by atoms with van der Waals surface area (Å²) in [6.45, 7) is 7.38. The molecular weight excluding hydrogens is 203 g/mol. The van der Waals surface area contributed by atoms with Gasteiger partial charge >= 0.3 is 8.60 Å². The monoisotopic (exact) mass is 226 g/mol. The molecule has 4 nitrogen and oxygen atoms in total. The third kappa shape index (κ3) is 18.1. The molecule has 0 atom stereocenters. The summed E-state index contributed by atoms with van der Waals surface area (Å²) in [4.78, 5) is 8.93. The van der Waals surface area contributed by atoms with Crippen molar-refractivity contribution in [2.75, 3.05) is 19.8 Å². The highest BCUT2D eigenvalue weighted by Gasteiger charge is 2.03. The van der Waals surface area contributed by atoms with E-state index in [4.69, 9.17) is 19.0 Å². The Morgan fingerprint density at radius 3 is 1.50 bits per heavy atom. The average molecular weight is 226 g/mol. The third-order valence-electron chi connectivity index (χ3n) is 1.04. The topological polar surface area (TPSA) is 58.9 Å². The SMILES string of the molecule is CCCO.CCCOP(O)OCCC. The lowest BCUT2D eigenvalue weighted by Crippen LogP contribution is -1.92. The first-order chi connectivity index (χ1) is 6.72. The predicted molar refractivity (Wildman–Crippen MR) is 59.0 cm³/mol. The van der Waals surface area contributed by atoms with Crippen LogP contribution in [-0.2, 0) is 9.05 Å². The summed E-state index contributed by atoms with van der Waals surface area (Å²) >= 11 is 0. The highest BCUT2D eigenvalue weighted by Crippen LogP contribution is 2.32. The van der Waals surface area contributed by atoms with Crippen LogP contribution in [0.3, 0.4) is 0 Å². The van der Waals surface area contributed by atoms with Crippen LogP contribution in [0.5, 0.6) is 0 Å². The summed E-state index contributed by atoms with van der Waals surface area (Å²) in [7, 11) is -1.59. The second-order valence-electron chi connectivity index (χ2n) is 2.63. The quantitative estimate of drug-likeness (QED) is 0.654. The summed E-state index contributed by atoms with van der Waals surface area (Å²) < 4.78 is 9.78. The van der Waals surface area contributed by atoms with Gasteiger partial charge in [0.2, 0.25) is 0 Å². The van der Waals surface area contributed by atoms with E-state index in [0.29, 0.717) is 19.8 Å². The van der Waals surface area contributed by atoms with E-state index in [9.17, 15) is 0 Å². The minimum Gasteiger partial charge on any atom is -0.396 e. The number of aliphatic hydroxyl groups is 1. The van der Waals surface area contributed by atoms with E-state index >= 15 is 0 Å². The fraction of sp³-hybridized carbons (Fsp3) is 1.00. The minimum atomic E-state index is -1.59. The van der Waals surface area contributed by atoms with Crippen molar-refractivity contribution in [2.45, 2.75) is 40.0 Å². The van der Waals surface area contributed by atoms with Crippen molar-refractivity contribution < 1.29 is 19.0 Å². The first-order valence-electron chi connectivity index (χ1n) is 5.08. The maximum absolute atomic E-state index is 8.93. The molecule has 0 radical (unpaired) electrons. The lowest BCUT2D eigenvalue weighted by molar-refractivity contribution is 0.200. The molecule has 5 heteroatoms. The van der Waals surface area contributed by atoms with Crippen LogP contribution in [0.4, 0.5) is 0 Å². The number of hydrogen-bond acceptors (Lipinski definition) is 4. The van der Waals surface area contributed by atoms with Crippen molar-refractivity contribution in [2.24, 2.45) is 0 Å². The molecule has 2 N–H and O–H groups in total. The molecule has 0 unspecified atom stereocenters. The maximum atomic E-state index is 8.93. The van der Waals surface area contributed by atoms with Crippen LogP contribution in [0.1, 0.15) is 40.0 Å². The molecule has 0 fully saturated rings. The molecule has 0 aromatic rings. The molecule has 14 heavy (non-hydrogen) atoms. The molecule has 0 saturated carbocycles. The highest BCUT2D eigenvalue weighted by molar-refractivity contribution is 7.40. The van der Waals surface area contributed by atoms with Gasteiger partial charge in [-0.15, -0.1) is 0 Å². The molecule has 0 amide bonds. The van der Waals surface area contributed by atoms with Gasteiger partial charge in [-0.25, -0.2) is 0 Å². The van der Waals surface area contributed by atoms with E-state index in [2.05, 4.69) is 0 Å². The zero-order valence-electron chi connectivity index (χ0n) is 9.40. The fourth-order valence-electron chi connectivity index (χ4n) is 0.376. The minimum absolute atomic E-state index is 0.319. The molecule has 0 aromatic carbocycles. The molecule has 0 aliphatic rings. The van der Waals surface area contributed by atoms with Gasteiger partial charge < -0.3 is 19.0 Å². The van der Waals surface area contributed by atoms with Crippen molar-refractivity contribution in [3.8, 4) is 0 Å². The Hall–Kier alpha value is 0.270. The molecule has 0 saturated heterocycles. The number of hydrogen-bond donors (Lipinski definition) is 2. The van der Waals surface area contributed by atoms with Crippen molar-refractivity contribution in [1.29, 1.82) is 0 Å². The smallest absolute Gasteiger partial charge is 0.329 e.